The number of hydrogen-bond acceptors (Lipinski definition) is 4. The lowest BCUT2D eigenvalue weighted by molar-refractivity contribution is 0.449. The Hall–Kier alpha value is -2.31. The quantitative estimate of drug-likeness (QED) is 0.827. The van der Waals surface area contributed by atoms with Crippen LogP contribution in [0.3, 0.4) is 0 Å². The van der Waals surface area contributed by atoms with Crippen LogP contribution in [0.5, 0.6) is 0 Å². The van der Waals surface area contributed by atoms with Gasteiger partial charge >= 0.3 is 0 Å². The summed E-state index contributed by atoms with van der Waals surface area (Å²) in [5.74, 6) is -3.28. The lowest BCUT2D eigenvalue weighted by Gasteiger charge is -2.08. The first-order valence-corrected chi connectivity index (χ1v) is 5.02. The minimum Gasteiger partial charge on any atom is -0.373 e. The number of hydrogen-bond donors (Lipinski definition) is 2. The first-order valence-electron chi connectivity index (χ1n) is 5.02. The van der Waals surface area contributed by atoms with Crippen molar-refractivity contribution in [3.05, 3.63) is 42.0 Å². The number of halogens is 3. The summed E-state index contributed by atoms with van der Waals surface area (Å²) in [5.41, 5.74) is -0.199. The maximum absolute atomic E-state index is 13.4. The third-order valence-electron chi connectivity index (χ3n) is 2.22. The fourth-order valence-electron chi connectivity index (χ4n) is 1.32. The summed E-state index contributed by atoms with van der Waals surface area (Å²) in [6, 6.07) is 3.43. The van der Waals surface area contributed by atoms with Crippen molar-refractivity contribution in [2.75, 3.05) is 17.7 Å². The summed E-state index contributed by atoms with van der Waals surface area (Å²) in [5, 5.41) is 5.31. The molecule has 4 nitrogen and oxygen atoms in total. The molecule has 0 aliphatic heterocycles. The molecule has 0 amide bonds. The summed E-state index contributed by atoms with van der Waals surface area (Å²) in [7, 11) is 1.66. The molecule has 7 heteroatoms. The molecular weight excluding hydrogens is 245 g/mol. The van der Waals surface area contributed by atoms with Crippen molar-refractivity contribution in [2.24, 2.45) is 0 Å². The zero-order valence-electron chi connectivity index (χ0n) is 9.34. The predicted octanol–water partition coefficient (Wildman–Crippen LogP) is 2.68. The Balaban J connectivity index is 2.31. The summed E-state index contributed by atoms with van der Waals surface area (Å²) in [6.07, 6.45) is 1.26. The number of nitrogens with one attached hydrogen (secondary N) is 2. The molecule has 94 valence electrons. The molecule has 2 aromatic rings. The summed E-state index contributed by atoms with van der Waals surface area (Å²) >= 11 is 0. The van der Waals surface area contributed by atoms with E-state index in [0.717, 1.165) is 12.1 Å². The minimum absolute atomic E-state index is 0.199. The van der Waals surface area contributed by atoms with E-state index in [9.17, 15) is 13.2 Å². The molecule has 1 aromatic carbocycles. The third-order valence-corrected chi connectivity index (χ3v) is 2.22. The van der Waals surface area contributed by atoms with Gasteiger partial charge in [0.05, 0.1) is 5.69 Å². The molecule has 1 aromatic heterocycles. The Morgan fingerprint density at radius 3 is 2.44 bits per heavy atom. The Labute approximate surface area is 101 Å². The van der Waals surface area contributed by atoms with Crippen LogP contribution in [0.4, 0.5) is 30.5 Å². The topological polar surface area (TPSA) is 49.8 Å². The van der Waals surface area contributed by atoms with Crippen LogP contribution in [-0.2, 0) is 0 Å². The number of nitrogens with zero attached hydrogens (tertiary/aromatic N) is 2. The van der Waals surface area contributed by atoms with E-state index in [-0.39, 0.29) is 11.5 Å². The molecule has 18 heavy (non-hydrogen) atoms. The number of aromatic nitrogens is 2. The van der Waals surface area contributed by atoms with Gasteiger partial charge in [-0.15, -0.1) is 0 Å². The van der Waals surface area contributed by atoms with Gasteiger partial charge in [-0.05, 0) is 12.1 Å². The highest BCUT2D eigenvalue weighted by Crippen LogP contribution is 2.23. The van der Waals surface area contributed by atoms with Gasteiger partial charge < -0.3 is 10.6 Å². The standard InChI is InChI=1S/C11H9F3N4/c1-15-8-4-9(17-5-16-8)18-7-3-2-6(12)10(13)11(7)14/h2-5H,1H3,(H2,15,16,17,18). The van der Waals surface area contributed by atoms with E-state index in [4.69, 9.17) is 0 Å². The Morgan fingerprint density at radius 2 is 1.72 bits per heavy atom. The van der Waals surface area contributed by atoms with Gasteiger partial charge in [-0.25, -0.2) is 23.1 Å². The molecule has 0 spiro atoms. The Bertz CT molecular complexity index is 574. The zero-order chi connectivity index (χ0) is 13.1. The van der Waals surface area contributed by atoms with Gasteiger partial charge in [0.25, 0.3) is 0 Å². The van der Waals surface area contributed by atoms with Crippen LogP contribution in [0.15, 0.2) is 24.5 Å². The van der Waals surface area contributed by atoms with E-state index in [1.807, 2.05) is 0 Å². The van der Waals surface area contributed by atoms with Crippen molar-refractivity contribution < 1.29 is 13.2 Å². The fourth-order valence-corrected chi connectivity index (χ4v) is 1.32. The van der Waals surface area contributed by atoms with E-state index in [1.54, 1.807) is 7.05 Å². The van der Waals surface area contributed by atoms with Crippen molar-refractivity contribution in [1.82, 2.24) is 9.97 Å². The van der Waals surface area contributed by atoms with Crippen LogP contribution < -0.4 is 10.6 Å². The van der Waals surface area contributed by atoms with Crippen LogP contribution in [-0.4, -0.2) is 17.0 Å². The second-order valence-electron chi connectivity index (χ2n) is 3.39. The SMILES string of the molecule is CNc1cc(Nc2ccc(F)c(F)c2F)ncn1. The summed E-state index contributed by atoms with van der Waals surface area (Å²) in [6.45, 7) is 0. The maximum atomic E-state index is 13.4. The summed E-state index contributed by atoms with van der Waals surface area (Å²) in [4.78, 5) is 7.69. The average molecular weight is 254 g/mol. The monoisotopic (exact) mass is 254 g/mol. The molecule has 0 unspecified atom stereocenters. The lowest BCUT2D eigenvalue weighted by Crippen LogP contribution is -2.01. The maximum Gasteiger partial charge on any atom is 0.196 e. The van der Waals surface area contributed by atoms with Gasteiger partial charge in [0.2, 0.25) is 0 Å². The predicted molar refractivity (Wildman–Crippen MR) is 61.2 cm³/mol. The van der Waals surface area contributed by atoms with E-state index in [1.165, 1.54) is 12.4 Å². The first-order chi connectivity index (χ1) is 8.61. The highest BCUT2D eigenvalue weighted by atomic mass is 19.2. The molecular formula is C11H9F3N4. The van der Waals surface area contributed by atoms with Gasteiger partial charge in [-0.2, -0.15) is 0 Å². The van der Waals surface area contributed by atoms with Crippen LogP contribution in [0, 0.1) is 17.5 Å². The van der Waals surface area contributed by atoms with Gasteiger partial charge in [-0.1, -0.05) is 0 Å². The van der Waals surface area contributed by atoms with Crippen LogP contribution in [0.2, 0.25) is 0 Å². The van der Waals surface area contributed by atoms with E-state index in [2.05, 4.69) is 20.6 Å². The normalized spacial score (nSPS) is 10.2. The van der Waals surface area contributed by atoms with Gasteiger partial charge in [-0.3, -0.25) is 0 Å². The molecule has 1 heterocycles. The molecule has 0 aliphatic rings. The second kappa shape index (κ2) is 4.91. The zero-order valence-corrected chi connectivity index (χ0v) is 9.34. The van der Waals surface area contributed by atoms with Crippen LogP contribution in [0.1, 0.15) is 0 Å². The molecule has 0 saturated heterocycles. The minimum atomic E-state index is -1.53. The van der Waals surface area contributed by atoms with Crippen molar-refractivity contribution in [3.63, 3.8) is 0 Å². The molecule has 0 saturated carbocycles. The first kappa shape index (κ1) is 12.2. The van der Waals surface area contributed by atoms with Crippen molar-refractivity contribution >= 4 is 17.3 Å². The molecule has 0 atom stereocenters. The molecule has 0 fully saturated rings. The molecule has 2 rings (SSSR count). The fraction of sp³-hybridized carbons (Fsp3) is 0.0909. The largest absolute Gasteiger partial charge is 0.373 e. The second-order valence-corrected chi connectivity index (χ2v) is 3.39. The lowest BCUT2D eigenvalue weighted by atomic mass is 10.3. The van der Waals surface area contributed by atoms with Crippen molar-refractivity contribution in [3.8, 4) is 0 Å². The van der Waals surface area contributed by atoms with Gasteiger partial charge in [0, 0.05) is 13.1 Å². The number of rotatable bonds is 3. The highest BCUT2D eigenvalue weighted by Gasteiger charge is 2.13. The smallest absolute Gasteiger partial charge is 0.196 e. The molecule has 2 N–H and O–H groups in total. The molecule has 0 bridgehead atoms. The molecule has 0 radical (unpaired) electrons. The van der Waals surface area contributed by atoms with Gasteiger partial charge in [0.1, 0.15) is 18.0 Å². The molecule has 0 aliphatic carbocycles. The Morgan fingerprint density at radius 1 is 1.00 bits per heavy atom. The third kappa shape index (κ3) is 2.34. The van der Waals surface area contributed by atoms with Crippen LogP contribution >= 0.6 is 0 Å². The van der Waals surface area contributed by atoms with Gasteiger partial charge in [0.15, 0.2) is 17.5 Å². The Kier molecular flexibility index (Phi) is 3.31. The highest BCUT2D eigenvalue weighted by molar-refractivity contribution is 5.59. The van der Waals surface area contributed by atoms with E-state index in [0.29, 0.717) is 5.82 Å². The number of anilines is 3. The number of benzene rings is 1. The van der Waals surface area contributed by atoms with Crippen molar-refractivity contribution in [2.45, 2.75) is 0 Å². The summed E-state index contributed by atoms with van der Waals surface area (Å²) < 4.78 is 39.1. The van der Waals surface area contributed by atoms with E-state index < -0.39 is 17.5 Å². The van der Waals surface area contributed by atoms with E-state index >= 15 is 0 Å². The average Bonchev–Trinajstić information content (AvgIpc) is 2.40. The van der Waals surface area contributed by atoms with Crippen molar-refractivity contribution in [1.29, 1.82) is 0 Å². The van der Waals surface area contributed by atoms with Crippen LogP contribution in [0.25, 0.3) is 0 Å².